The largest absolute Gasteiger partial charge is 0.507 e. The predicted molar refractivity (Wildman–Crippen MR) is 211 cm³/mol. The van der Waals surface area contributed by atoms with Crippen molar-refractivity contribution in [3.05, 3.63) is 123 Å². The summed E-state index contributed by atoms with van der Waals surface area (Å²) in [6.45, 7) is 3.09. The van der Waals surface area contributed by atoms with Crippen LogP contribution >= 0.6 is 23.2 Å². The van der Waals surface area contributed by atoms with E-state index >= 15 is 8.78 Å². The molecule has 2 heterocycles. The highest BCUT2D eigenvalue weighted by Crippen LogP contribution is 2.66. The van der Waals surface area contributed by atoms with E-state index < -0.39 is 98.2 Å². The standard InChI is InChI=1S/C44H33Cl2F5N2O7/c1-19-15-23(16-20(2)38(19)54)31-26-12-13-27-30(28(26)18-43(45)41(57)53(42(58)44(31,43)46)37-35(50)33(48)32(47)34(49)36(37)51)40(56)52(39(27)55)24-9-6-21(7-10-24)5-8-22-17-25(59-3)11-14-29(22)60-4/h5-12,14-17,27-28,30-31,54H,13,18H2,1-4H3/t27-,28+,30-,31-,43+,44-/m0/s1. The van der Waals surface area contributed by atoms with E-state index in [0.717, 1.165) is 10.5 Å². The van der Waals surface area contributed by atoms with Gasteiger partial charge in [0.2, 0.25) is 17.6 Å². The van der Waals surface area contributed by atoms with E-state index in [9.17, 15) is 37.5 Å². The highest BCUT2D eigenvalue weighted by atomic mass is 35.5. The average molecular weight is 868 g/mol. The summed E-state index contributed by atoms with van der Waals surface area (Å²) in [5, 5.41) is 10.7. The zero-order valence-electron chi connectivity index (χ0n) is 32.1. The van der Waals surface area contributed by atoms with Gasteiger partial charge in [0, 0.05) is 11.5 Å². The smallest absolute Gasteiger partial charge is 0.258 e. The minimum absolute atomic E-state index is 0.0287. The Bertz CT molecular complexity index is 2590. The molecule has 9 nitrogen and oxygen atoms in total. The second-order valence-corrected chi connectivity index (χ2v) is 16.5. The van der Waals surface area contributed by atoms with Crippen LogP contribution in [0.2, 0.25) is 0 Å². The van der Waals surface area contributed by atoms with E-state index in [-0.39, 0.29) is 28.3 Å². The first kappa shape index (κ1) is 41.0. The number of fused-ring (bicyclic) bond motifs is 4. The molecule has 3 fully saturated rings. The number of ether oxygens (including phenoxy) is 2. The topological polar surface area (TPSA) is 113 Å². The molecule has 0 bridgehead atoms. The Morgan fingerprint density at radius 1 is 0.750 bits per heavy atom. The lowest BCUT2D eigenvalue weighted by atomic mass is 9.56. The van der Waals surface area contributed by atoms with Gasteiger partial charge in [-0.3, -0.25) is 24.1 Å². The second-order valence-electron chi connectivity index (χ2n) is 15.2. The molecular formula is C44H33Cl2F5N2O7. The van der Waals surface area contributed by atoms with Crippen LogP contribution in [0.3, 0.4) is 0 Å². The molecule has 8 rings (SSSR count). The molecule has 2 saturated heterocycles. The number of aryl methyl sites for hydroxylation is 2. The number of rotatable bonds is 7. The Balaban J connectivity index is 1.20. The van der Waals surface area contributed by atoms with Crippen LogP contribution in [-0.2, 0) is 19.2 Å². The Labute approximate surface area is 349 Å². The zero-order chi connectivity index (χ0) is 43.3. The van der Waals surface area contributed by atoms with Gasteiger partial charge in [-0.1, -0.05) is 48.1 Å². The molecule has 310 valence electrons. The number of hydrogen-bond acceptors (Lipinski definition) is 7. The molecule has 60 heavy (non-hydrogen) atoms. The van der Waals surface area contributed by atoms with Crippen molar-refractivity contribution in [1.29, 1.82) is 0 Å². The molecule has 16 heteroatoms. The fourth-order valence-corrected chi connectivity index (χ4v) is 10.2. The van der Waals surface area contributed by atoms with Crippen molar-refractivity contribution in [2.45, 2.75) is 42.4 Å². The molecule has 4 aromatic carbocycles. The first-order chi connectivity index (χ1) is 28.4. The van der Waals surface area contributed by atoms with Gasteiger partial charge in [0.25, 0.3) is 11.8 Å². The monoisotopic (exact) mass is 866 g/mol. The molecule has 6 atom stereocenters. The van der Waals surface area contributed by atoms with Crippen LogP contribution < -0.4 is 19.3 Å². The van der Waals surface area contributed by atoms with Crippen molar-refractivity contribution in [2.75, 3.05) is 24.0 Å². The number of carbonyl (C=O) groups excluding carboxylic acids is 4. The van der Waals surface area contributed by atoms with Crippen molar-refractivity contribution in [1.82, 2.24) is 0 Å². The number of carbonyl (C=O) groups is 4. The highest BCUT2D eigenvalue weighted by molar-refractivity contribution is 6.58. The molecule has 2 aliphatic heterocycles. The third kappa shape index (κ3) is 5.70. The molecule has 4 amide bonds. The molecule has 4 aliphatic rings. The minimum Gasteiger partial charge on any atom is -0.507 e. The van der Waals surface area contributed by atoms with Crippen LogP contribution in [0.1, 0.15) is 46.6 Å². The van der Waals surface area contributed by atoms with Gasteiger partial charge in [-0.05, 0) is 85.2 Å². The maximum absolute atomic E-state index is 15.4. The lowest BCUT2D eigenvalue weighted by molar-refractivity contribution is -0.125. The molecule has 0 spiro atoms. The summed E-state index contributed by atoms with van der Waals surface area (Å²) in [6, 6.07) is 14.8. The van der Waals surface area contributed by atoms with Crippen LogP contribution in [0.4, 0.5) is 33.3 Å². The van der Waals surface area contributed by atoms with Crippen LogP contribution in [0, 0.1) is 60.7 Å². The number of methoxy groups -OCH3 is 2. The number of anilines is 2. The normalized spacial score (nSPS) is 26.1. The van der Waals surface area contributed by atoms with Crippen LogP contribution in [0.25, 0.3) is 12.2 Å². The third-order valence-corrected chi connectivity index (χ3v) is 13.5. The van der Waals surface area contributed by atoms with Crippen LogP contribution in [-0.4, -0.2) is 52.7 Å². The third-order valence-electron chi connectivity index (χ3n) is 12.1. The van der Waals surface area contributed by atoms with Crippen molar-refractivity contribution < 1.29 is 55.7 Å². The average Bonchev–Trinajstić information content (AvgIpc) is 3.57. The van der Waals surface area contributed by atoms with E-state index in [4.69, 9.17) is 32.7 Å². The second kappa shape index (κ2) is 14.5. The molecule has 1 saturated carbocycles. The Morgan fingerprint density at radius 3 is 1.97 bits per heavy atom. The number of aromatic hydroxyl groups is 1. The number of imide groups is 2. The minimum atomic E-state index is -2.68. The number of halogens is 7. The van der Waals surface area contributed by atoms with E-state index in [2.05, 4.69) is 0 Å². The number of alkyl halides is 2. The summed E-state index contributed by atoms with van der Waals surface area (Å²) in [4.78, 5) is 53.2. The summed E-state index contributed by atoms with van der Waals surface area (Å²) in [6.07, 6.45) is 4.55. The van der Waals surface area contributed by atoms with Gasteiger partial charge < -0.3 is 14.6 Å². The van der Waals surface area contributed by atoms with E-state index in [0.29, 0.717) is 33.8 Å². The van der Waals surface area contributed by atoms with Crippen molar-refractivity contribution in [3.8, 4) is 17.2 Å². The number of allylic oxidation sites excluding steroid dienone is 2. The number of benzene rings is 4. The number of phenolic OH excluding ortho intramolecular Hbond substituents is 1. The Hall–Kier alpha value is -5.73. The summed E-state index contributed by atoms with van der Waals surface area (Å²) < 4.78 is 84.8. The molecular weight excluding hydrogens is 834 g/mol. The Kier molecular flexibility index (Phi) is 9.90. The number of amides is 4. The number of hydrogen-bond donors (Lipinski definition) is 1. The van der Waals surface area contributed by atoms with E-state index in [1.54, 1.807) is 75.6 Å². The van der Waals surface area contributed by atoms with Crippen molar-refractivity contribution in [3.63, 3.8) is 0 Å². The lowest BCUT2D eigenvalue weighted by Gasteiger charge is -2.50. The van der Waals surface area contributed by atoms with Gasteiger partial charge in [0.15, 0.2) is 33.0 Å². The molecule has 1 N–H and O–H groups in total. The Morgan fingerprint density at radius 2 is 1.37 bits per heavy atom. The van der Waals surface area contributed by atoms with Crippen molar-refractivity contribution >= 4 is 70.4 Å². The summed E-state index contributed by atoms with van der Waals surface area (Å²) >= 11 is 14.5. The fraction of sp³-hybridized carbons (Fsp3) is 0.273. The maximum Gasteiger partial charge on any atom is 0.258 e. The first-order valence-electron chi connectivity index (χ1n) is 18.6. The van der Waals surface area contributed by atoms with E-state index in [1.165, 1.54) is 19.2 Å². The van der Waals surface area contributed by atoms with E-state index in [1.807, 2.05) is 6.08 Å². The molecule has 4 aromatic rings. The maximum atomic E-state index is 15.4. The van der Waals surface area contributed by atoms with Gasteiger partial charge in [0.1, 0.15) is 22.9 Å². The quantitative estimate of drug-likeness (QED) is 0.0377. The van der Waals surface area contributed by atoms with Gasteiger partial charge in [0.05, 0.1) is 31.7 Å². The number of phenols is 1. The molecule has 2 aliphatic carbocycles. The predicted octanol–water partition coefficient (Wildman–Crippen LogP) is 8.66. The lowest BCUT2D eigenvalue weighted by Crippen LogP contribution is -2.60. The van der Waals surface area contributed by atoms with Gasteiger partial charge in [-0.15, -0.1) is 23.2 Å². The molecule has 0 aromatic heterocycles. The first-order valence-corrected chi connectivity index (χ1v) is 19.3. The fourth-order valence-electron chi connectivity index (χ4n) is 9.24. The molecule has 0 radical (unpaired) electrons. The zero-order valence-corrected chi connectivity index (χ0v) is 33.6. The molecule has 0 unspecified atom stereocenters. The van der Waals surface area contributed by atoms with Gasteiger partial charge in [-0.2, -0.15) is 0 Å². The highest BCUT2D eigenvalue weighted by Gasteiger charge is 2.77. The summed E-state index contributed by atoms with van der Waals surface area (Å²) in [5.74, 6) is -20.3. The summed E-state index contributed by atoms with van der Waals surface area (Å²) in [5.41, 5.74) is 0.920. The van der Waals surface area contributed by atoms with Crippen molar-refractivity contribution in [2.24, 2.45) is 17.8 Å². The SMILES string of the molecule is COc1ccc(OC)c(C=Cc2ccc(N3C(=O)[C@H]4[C@H](CC=C5[C@H]4C[C@@]4(Cl)C(=O)N(c6c(F)c(F)c(F)c(F)c6F)C(=O)[C@@]4(Cl)[C@H]5c4cc(C)c(O)c(C)c4)C3=O)cc2)c1. The van der Waals surface area contributed by atoms with Gasteiger partial charge >= 0.3 is 0 Å². The van der Waals surface area contributed by atoms with Gasteiger partial charge in [-0.25, -0.2) is 26.9 Å². The summed E-state index contributed by atoms with van der Waals surface area (Å²) in [7, 11) is 3.08. The van der Waals surface area contributed by atoms with Crippen LogP contribution in [0.15, 0.2) is 66.2 Å². The number of nitrogens with zero attached hydrogens (tertiary/aromatic N) is 2. The van der Waals surface area contributed by atoms with Crippen LogP contribution in [0.5, 0.6) is 17.2 Å².